The largest absolute Gasteiger partial charge is 0.297 e. The lowest BCUT2D eigenvalue weighted by Crippen LogP contribution is -2.54. The van der Waals surface area contributed by atoms with Gasteiger partial charge in [0.2, 0.25) is 0 Å². The first kappa shape index (κ1) is 44.6. The van der Waals surface area contributed by atoms with Crippen LogP contribution in [-0.2, 0) is 14.4 Å². The van der Waals surface area contributed by atoms with E-state index in [2.05, 4.69) is 119 Å². The second-order valence-corrected chi connectivity index (χ2v) is 24.3. The van der Waals surface area contributed by atoms with Crippen LogP contribution >= 0.6 is 0 Å². The van der Waals surface area contributed by atoms with E-state index in [1.54, 1.807) is 0 Å². The SMILES string of the molecule is CC(C)(C)C(=O)[C@@H]1C[C@@H]2CCCC[C@@H]2N1C(C)(C)C.CC(C)(C)C(=O)[C@@H]1C[C@@H]2CCC[C@@H]2N1C(C)(C)C.CC(C)(C)C(=O)[C@@H]1C[C@@H]2C[C@@H]2N1C(C)(C)C. The van der Waals surface area contributed by atoms with Gasteiger partial charge in [-0.3, -0.25) is 29.1 Å². The number of piperidine rings is 1. The molecule has 3 aliphatic heterocycles. The van der Waals surface area contributed by atoms with Crippen molar-refractivity contribution >= 4 is 17.3 Å². The molecule has 0 aromatic carbocycles. The van der Waals surface area contributed by atoms with E-state index in [9.17, 15) is 14.4 Å². The summed E-state index contributed by atoms with van der Waals surface area (Å²) in [6, 6.07) is 2.46. The molecule has 306 valence electrons. The maximum absolute atomic E-state index is 12.8. The van der Waals surface area contributed by atoms with E-state index in [-0.39, 0.29) is 51.0 Å². The molecule has 3 aliphatic carbocycles. The Morgan fingerprint density at radius 1 is 0.358 bits per heavy atom. The molecule has 0 aromatic heterocycles. The van der Waals surface area contributed by atoms with Gasteiger partial charge in [-0.05, 0) is 131 Å². The van der Waals surface area contributed by atoms with Gasteiger partial charge in [0.1, 0.15) is 0 Å². The van der Waals surface area contributed by atoms with Gasteiger partial charge in [0, 0.05) is 51.0 Å². The van der Waals surface area contributed by atoms with E-state index < -0.39 is 0 Å². The van der Waals surface area contributed by atoms with E-state index in [1.165, 1.54) is 51.4 Å². The number of Topliss-reactive ketones (excluding diaryl/α,β-unsaturated/α-hetero) is 3. The monoisotopic (exact) mass is 740 g/mol. The number of ketones is 3. The minimum Gasteiger partial charge on any atom is -0.297 e. The molecule has 3 heterocycles. The lowest BCUT2D eigenvalue weighted by molar-refractivity contribution is -0.134. The molecule has 3 saturated carbocycles. The van der Waals surface area contributed by atoms with Crippen LogP contribution < -0.4 is 0 Å². The van der Waals surface area contributed by atoms with Gasteiger partial charge in [0.15, 0.2) is 17.3 Å². The molecule has 0 amide bonds. The maximum Gasteiger partial charge on any atom is 0.155 e. The van der Waals surface area contributed by atoms with Crippen molar-refractivity contribution in [2.45, 2.75) is 248 Å². The summed E-state index contributed by atoms with van der Waals surface area (Å²) in [7, 11) is 0. The molecule has 6 rings (SSSR count). The molecular weight excluding hydrogens is 655 g/mol. The van der Waals surface area contributed by atoms with Crippen LogP contribution in [0.25, 0.3) is 0 Å². The van der Waals surface area contributed by atoms with Gasteiger partial charge in [-0.15, -0.1) is 0 Å². The minimum atomic E-state index is -0.221. The van der Waals surface area contributed by atoms with Gasteiger partial charge in [0.05, 0.1) is 18.1 Å². The number of hydrogen-bond acceptors (Lipinski definition) is 6. The van der Waals surface area contributed by atoms with Crippen molar-refractivity contribution in [2.75, 3.05) is 0 Å². The van der Waals surface area contributed by atoms with Crippen LogP contribution in [0, 0.1) is 34.0 Å². The lowest BCUT2D eigenvalue weighted by atomic mass is 9.82. The Labute approximate surface area is 327 Å². The maximum atomic E-state index is 12.8. The standard InChI is InChI=1S/C17H31NO.C16H29NO.C14H25NO/c1-16(2,3)15(19)14-11-12-9-7-8-10-13(12)18(14)17(4,5)6;1-15(2,3)14(18)13-10-11-8-7-9-12(11)17(13)16(4,5)6;1-13(2,3)12(16)11-8-9-7-10(9)15(11)14(4,5)6/h12-14H,7-11H2,1-6H3;11-13H,7-10H2,1-6H3;9-11H,7-8H2,1-6H3/t12-,13-,14-;11-,12-,13-;9-,10-,11-/m000/s1. The fourth-order valence-electron chi connectivity index (χ4n) is 11.3. The van der Waals surface area contributed by atoms with Crippen LogP contribution in [0.2, 0.25) is 0 Å². The minimum absolute atomic E-state index is 0.0995. The second-order valence-electron chi connectivity index (χ2n) is 24.3. The summed E-state index contributed by atoms with van der Waals surface area (Å²) in [4.78, 5) is 45.6. The first-order chi connectivity index (χ1) is 23.9. The average molecular weight is 740 g/mol. The topological polar surface area (TPSA) is 60.9 Å². The molecule has 53 heavy (non-hydrogen) atoms. The molecule has 0 radical (unpaired) electrons. The molecule has 0 N–H and O–H groups in total. The first-order valence-corrected chi connectivity index (χ1v) is 21.8. The summed E-state index contributed by atoms with van der Waals surface area (Å²) < 4.78 is 0. The molecule has 6 heteroatoms. The van der Waals surface area contributed by atoms with Crippen molar-refractivity contribution in [3.05, 3.63) is 0 Å². The highest BCUT2D eigenvalue weighted by atomic mass is 16.1. The molecular formula is C47H85N3O3. The van der Waals surface area contributed by atoms with E-state index in [1.807, 2.05) is 20.8 Å². The molecule has 0 unspecified atom stereocenters. The first-order valence-electron chi connectivity index (χ1n) is 21.8. The summed E-state index contributed by atoms with van der Waals surface area (Å²) in [6.45, 7) is 38.8. The predicted molar refractivity (Wildman–Crippen MR) is 222 cm³/mol. The Kier molecular flexibility index (Phi) is 12.9. The van der Waals surface area contributed by atoms with Crippen LogP contribution in [0.4, 0.5) is 0 Å². The Hall–Kier alpha value is -1.11. The highest BCUT2D eigenvalue weighted by Gasteiger charge is 2.58. The average Bonchev–Trinajstić information content (AvgIpc) is 3.37. The van der Waals surface area contributed by atoms with Crippen molar-refractivity contribution in [1.82, 2.24) is 14.7 Å². The van der Waals surface area contributed by atoms with Gasteiger partial charge < -0.3 is 0 Å². The molecule has 9 atom stereocenters. The zero-order valence-electron chi connectivity index (χ0n) is 38.0. The summed E-state index contributed by atoms with van der Waals surface area (Å²) in [5.41, 5.74) is -0.307. The molecule has 3 saturated heterocycles. The van der Waals surface area contributed by atoms with Crippen molar-refractivity contribution in [3.63, 3.8) is 0 Å². The third-order valence-electron chi connectivity index (χ3n) is 13.5. The van der Waals surface area contributed by atoms with Crippen LogP contribution in [0.3, 0.4) is 0 Å². The Bertz CT molecular complexity index is 1310. The van der Waals surface area contributed by atoms with Crippen molar-refractivity contribution in [2.24, 2.45) is 34.0 Å². The Morgan fingerprint density at radius 2 is 0.642 bits per heavy atom. The summed E-state index contributed by atoms with van der Waals surface area (Å²) in [5.74, 6) is 3.62. The molecule has 0 spiro atoms. The lowest BCUT2D eigenvalue weighted by Gasteiger charge is -2.43. The Balaban J connectivity index is 0.000000178. The molecule has 6 aliphatic rings. The van der Waals surface area contributed by atoms with E-state index in [4.69, 9.17) is 0 Å². The zero-order valence-corrected chi connectivity index (χ0v) is 38.0. The fraction of sp³-hybridized carbons (Fsp3) is 0.936. The van der Waals surface area contributed by atoms with Gasteiger partial charge in [0.25, 0.3) is 0 Å². The van der Waals surface area contributed by atoms with Crippen LogP contribution in [0.5, 0.6) is 0 Å². The number of carbonyl (C=O) groups is 3. The van der Waals surface area contributed by atoms with Gasteiger partial charge in [-0.1, -0.05) is 81.6 Å². The van der Waals surface area contributed by atoms with Gasteiger partial charge in [-0.2, -0.15) is 0 Å². The predicted octanol–water partition coefficient (Wildman–Crippen LogP) is 10.5. The number of rotatable bonds is 3. The summed E-state index contributed by atoms with van der Waals surface area (Å²) in [6.07, 6.45) is 13.9. The van der Waals surface area contributed by atoms with E-state index >= 15 is 0 Å². The van der Waals surface area contributed by atoms with Crippen LogP contribution in [0.15, 0.2) is 0 Å². The second kappa shape index (κ2) is 15.3. The zero-order chi connectivity index (χ0) is 40.4. The highest BCUT2D eigenvalue weighted by molar-refractivity contribution is 5.90. The van der Waals surface area contributed by atoms with Crippen LogP contribution in [-0.4, -0.2) is 84.9 Å². The highest BCUT2D eigenvalue weighted by Crippen LogP contribution is 2.52. The number of likely N-dealkylation sites (tertiary alicyclic amines) is 3. The van der Waals surface area contributed by atoms with Crippen LogP contribution in [0.1, 0.15) is 195 Å². The molecule has 0 aromatic rings. The Morgan fingerprint density at radius 3 is 0.981 bits per heavy atom. The van der Waals surface area contributed by atoms with Crippen molar-refractivity contribution < 1.29 is 14.4 Å². The third-order valence-corrected chi connectivity index (χ3v) is 13.5. The summed E-state index contributed by atoms with van der Waals surface area (Å²) >= 11 is 0. The molecule has 6 fully saturated rings. The number of fused-ring (bicyclic) bond motifs is 3. The van der Waals surface area contributed by atoms with E-state index in [0.29, 0.717) is 35.5 Å². The number of carbonyl (C=O) groups excluding carboxylic acids is 3. The number of hydrogen-bond donors (Lipinski definition) is 0. The van der Waals surface area contributed by atoms with Gasteiger partial charge in [-0.25, -0.2) is 0 Å². The summed E-state index contributed by atoms with van der Waals surface area (Å²) in [5, 5.41) is 0. The smallest absolute Gasteiger partial charge is 0.155 e. The quantitative estimate of drug-likeness (QED) is 0.287. The number of nitrogens with zero attached hydrogens (tertiary/aromatic N) is 3. The third kappa shape index (κ3) is 10.1. The van der Waals surface area contributed by atoms with Crippen molar-refractivity contribution in [3.8, 4) is 0 Å². The van der Waals surface area contributed by atoms with Gasteiger partial charge >= 0.3 is 0 Å². The van der Waals surface area contributed by atoms with E-state index in [0.717, 1.165) is 37.0 Å². The normalized spacial score (nSPS) is 34.0. The molecule has 0 bridgehead atoms. The fourth-order valence-corrected chi connectivity index (χ4v) is 11.3. The van der Waals surface area contributed by atoms with Crippen molar-refractivity contribution in [1.29, 1.82) is 0 Å². The molecule has 6 nitrogen and oxygen atoms in total.